The lowest BCUT2D eigenvalue weighted by Crippen LogP contribution is -2.57. The van der Waals surface area contributed by atoms with Crippen molar-refractivity contribution in [1.82, 2.24) is 0 Å². The highest BCUT2D eigenvalue weighted by molar-refractivity contribution is 5.13. The van der Waals surface area contributed by atoms with Crippen LogP contribution in [-0.2, 0) is 16.1 Å². The molecule has 0 amide bonds. The maximum Gasteiger partial charge on any atom is 0.186 e. The first-order valence-corrected chi connectivity index (χ1v) is 6.48. The smallest absolute Gasteiger partial charge is 0.186 e. The van der Waals surface area contributed by atoms with Crippen LogP contribution in [0.25, 0.3) is 0 Å². The van der Waals surface area contributed by atoms with Crippen molar-refractivity contribution in [2.24, 2.45) is 0 Å². The Balaban J connectivity index is 1.95. The highest BCUT2D eigenvalue weighted by Gasteiger charge is 2.43. The number of aliphatic hydroxyl groups excluding tert-OH is 3. The van der Waals surface area contributed by atoms with Gasteiger partial charge in [-0.3, -0.25) is 0 Å². The Hall–Kier alpha value is -0.980. The molecule has 0 unspecified atom stereocenters. The normalized spacial score (nSPS) is 35.3. The van der Waals surface area contributed by atoms with Crippen LogP contribution in [0.3, 0.4) is 0 Å². The Morgan fingerprint density at radius 1 is 1.05 bits per heavy atom. The predicted molar refractivity (Wildman–Crippen MR) is 68.2 cm³/mol. The van der Waals surface area contributed by atoms with Gasteiger partial charge < -0.3 is 24.8 Å². The molecular formula is C14H20O5. The second-order valence-corrected chi connectivity index (χ2v) is 4.72. The largest absolute Gasteiger partial charge is 0.388 e. The summed E-state index contributed by atoms with van der Waals surface area (Å²) in [5.74, 6) is 0. The van der Waals surface area contributed by atoms with Crippen LogP contribution in [0.5, 0.6) is 0 Å². The van der Waals surface area contributed by atoms with E-state index in [1.807, 2.05) is 37.3 Å². The minimum absolute atomic E-state index is 0.280. The van der Waals surface area contributed by atoms with E-state index < -0.39 is 30.7 Å². The fourth-order valence-corrected chi connectivity index (χ4v) is 2.14. The molecular weight excluding hydrogens is 248 g/mol. The summed E-state index contributed by atoms with van der Waals surface area (Å²) in [4.78, 5) is 0. The summed E-state index contributed by atoms with van der Waals surface area (Å²) >= 11 is 0. The van der Waals surface area contributed by atoms with Gasteiger partial charge in [-0.25, -0.2) is 0 Å². The van der Waals surface area contributed by atoms with Gasteiger partial charge in [0.1, 0.15) is 18.3 Å². The van der Waals surface area contributed by atoms with Crippen LogP contribution < -0.4 is 0 Å². The van der Waals surface area contributed by atoms with Crippen LogP contribution in [0.15, 0.2) is 30.3 Å². The molecule has 1 fully saturated rings. The molecule has 5 heteroatoms. The third-order valence-corrected chi connectivity index (χ3v) is 3.33. The van der Waals surface area contributed by atoms with Crippen molar-refractivity contribution in [3.63, 3.8) is 0 Å². The van der Waals surface area contributed by atoms with Crippen molar-refractivity contribution >= 4 is 0 Å². The Kier molecular flexibility index (Phi) is 4.90. The van der Waals surface area contributed by atoms with E-state index in [1.165, 1.54) is 0 Å². The molecule has 0 aromatic heterocycles. The summed E-state index contributed by atoms with van der Waals surface area (Å²) in [7, 11) is 0. The summed E-state index contributed by atoms with van der Waals surface area (Å²) in [6.07, 6.45) is -4.50. The van der Waals surface area contributed by atoms with Gasteiger partial charge in [0.2, 0.25) is 0 Å². The number of hydrogen-bond acceptors (Lipinski definition) is 5. The van der Waals surface area contributed by atoms with E-state index in [9.17, 15) is 15.3 Å². The average Bonchev–Trinajstić information content (AvgIpc) is 2.45. The molecule has 1 aliphatic rings. The van der Waals surface area contributed by atoms with Crippen LogP contribution in [0.4, 0.5) is 0 Å². The first-order valence-electron chi connectivity index (χ1n) is 6.48. The zero-order chi connectivity index (χ0) is 13.8. The van der Waals surface area contributed by atoms with E-state index in [0.29, 0.717) is 6.42 Å². The van der Waals surface area contributed by atoms with Gasteiger partial charge in [0.25, 0.3) is 0 Å². The fourth-order valence-electron chi connectivity index (χ4n) is 2.14. The molecule has 1 aromatic rings. The zero-order valence-corrected chi connectivity index (χ0v) is 10.8. The summed E-state index contributed by atoms with van der Waals surface area (Å²) in [6, 6.07) is 9.49. The van der Waals surface area contributed by atoms with Gasteiger partial charge in [-0.05, 0) is 12.0 Å². The third kappa shape index (κ3) is 3.32. The second-order valence-electron chi connectivity index (χ2n) is 4.72. The van der Waals surface area contributed by atoms with E-state index in [0.717, 1.165) is 5.56 Å². The van der Waals surface area contributed by atoms with E-state index >= 15 is 0 Å². The number of ether oxygens (including phenoxy) is 2. The minimum atomic E-state index is -1.25. The van der Waals surface area contributed by atoms with Gasteiger partial charge in [0, 0.05) is 0 Å². The summed E-state index contributed by atoms with van der Waals surface area (Å²) < 4.78 is 11.0. The number of rotatable bonds is 4. The highest BCUT2D eigenvalue weighted by atomic mass is 16.7. The van der Waals surface area contributed by atoms with Crippen molar-refractivity contribution in [2.75, 3.05) is 0 Å². The molecule has 1 aromatic carbocycles. The Morgan fingerprint density at radius 3 is 2.37 bits per heavy atom. The van der Waals surface area contributed by atoms with Crippen molar-refractivity contribution < 1.29 is 24.8 Å². The van der Waals surface area contributed by atoms with E-state index in [4.69, 9.17) is 9.47 Å². The Morgan fingerprint density at radius 2 is 1.74 bits per heavy atom. The second kappa shape index (κ2) is 6.45. The van der Waals surface area contributed by atoms with Gasteiger partial charge in [-0.1, -0.05) is 37.3 Å². The molecule has 0 spiro atoms. The molecule has 106 valence electrons. The van der Waals surface area contributed by atoms with Gasteiger partial charge in [0.15, 0.2) is 6.29 Å². The molecule has 1 heterocycles. The molecule has 3 N–H and O–H groups in total. The average molecular weight is 268 g/mol. The first kappa shape index (κ1) is 14.4. The van der Waals surface area contributed by atoms with Crippen molar-refractivity contribution in [3.8, 4) is 0 Å². The first-order chi connectivity index (χ1) is 9.13. The number of hydrogen-bond donors (Lipinski definition) is 3. The molecule has 1 saturated heterocycles. The van der Waals surface area contributed by atoms with Crippen molar-refractivity contribution in [1.29, 1.82) is 0 Å². The lowest BCUT2D eigenvalue weighted by Gasteiger charge is -2.40. The van der Waals surface area contributed by atoms with Crippen LogP contribution in [0, 0.1) is 0 Å². The van der Waals surface area contributed by atoms with Crippen molar-refractivity contribution in [3.05, 3.63) is 35.9 Å². The number of benzene rings is 1. The Labute approximate surface area is 112 Å². The van der Waals surface area contributed by atoms with Crippen LogP contribution in [-0.4, -0.2) is 46.0 Å². The lowest BCUT2D eigenvalue weighted by atomic mass is 9.97. The topological polar surface area (TPSA) is 79.2 Å². The summed E-state index contributed by atoms with van der Waals surface area (Å²) in [6.45, 7) is 2.12. The standard InChI is InChI=1S/C14H20O5/c1-2-10-11(15)12(16)13(17)14(19-10)18-8-9-6-4-3-5-7-9/h3-7,10-17H,2,8H2,1H3/t10-,11-,12+,13-,14+/m1/s1. The van der Waals surface area contributed by atoms with Crippen molar-refractivity contribution in [2.45, 2.75) is 50.7 Å². The molecule has 19 heavy (non-hydrogen) atoms. The quantitative estimate of drug-likeness (QED) is 0.737. The third-order valence-electron chi connectivity index (χ3n) is 3.33. The Bertz CT molecular complexity index is 381. The summed E-state index contributed by atoms with van der Waals surface area (Å²) in [5.41, 5.74) is 0.951. The fraction of sp³-hybridized carbons (Fsp3) is 0.571. The van der Waals surface area contributed by atoms with Crippen LogP contribution in [0.2, 0.25) is 0 Å². The molecule has 5 atom stereocenters. The van der Waals surface area contributed by atoms with Gasteiger partial charge in [0.05, 0.1) is 12.7 Å². The molecule has 5 nitrogen and oxygen atoms in total. The monoisotopic (exact) mass is 268 g/mol. The molecule has 0 bridgehead atoms. The highest BCUT2D eigenvalue weighted by Crippen LogP contribution is 2.24. The van der Waals surface area contributed by atoms with Gasteiger partial charge in [-0.15, -0.1) is 0 Å². The minimum Gasteiger partial charge on any atom is -0.388 e. The summed E-state index contributed by atoms with van der Waals surface area (Å²) in [5, 5.41) is 29.3. The van der Waals surface area contributed by atoms with Gasteiger partial charge in [-0.2, -0.15) is 0 Å². The van der Waals surface area contributed by atoms with E-state index in [2.05, 4.69) is 0 Å². The van der Waals surface area contributed by atoms with Crippen LogP contribution in [0.1, 0.15) is 18.9 Å². The maximum absolute atomic E-state index is 9.84. The van der Waals surface area contributed by atoms with E-state index in [-0.39, 0.29) is 6.61 Å². The molecule has 1 aliphatic heterocycles. The predicted octanol–water partition coefficient (Wildman–Crippen LogP) is 0.421. The zero-order valence-electron chi connectivity index (χ0n) is 10.8. The maximum atomic E-state index is 9.84. The van der Waals surface area contributed by atoms with Crippen LogP contribution >= 0.6 is 0 Å². The number of aliphatic hydroxyl groups is 3. The lowest BCUT2D eigenvalue weighted by molar-refractivity contribution is -0.300. The van der Waals surface area contributed by atoms with Gasteiger partial charge >= 0.3 is 0 Å². The SMILES string of the molecule is CC[C@H]1O[C@H](OCc2ccccc2)[C@H](O)[C@@H](O)[C@@H]1O. The van der Waals surface area contributed by atoms with E-state index in [1.54, 1.807) is 0 Å². The molecule has 2 rings (SSSR count). The molecule has 0 aliphatic carbocycles. The molecule has 0 saturated carbocycles. The molecule has 0 radical (unpaired) electrons.